The molecule has 2 nitrogen and oxygen atoms in total. The predicted octanol–water partition coefficient (Wildman–Crippen LogP) is 4.54. The Morgan fingerprint density at radius 3 is 2.72 bits per heavy atom. The van der Waals surface area contributed by atoms with Crippen LogP contribution in [0.2, 0.25) is 0 Å². The maximum atomic E-state index is 6.06. The van der Waals surface area contributed by atoms with Crippen LogP contribution in [0, 0.1) is 0 Å². The molecule has 1 aromatic heterocycles. The first-order valence-electron chi connectivity index (χ1n) is 6.50. The van der Waals surface area contributed by atoms with Gasteiger partial charge in [0.05, 0.1) is 9.83 Å². The van der Waals surface area contributed by atoms with Crippen molar-refractivity contribution in [2.75, 3.05) is 6.54 Å². The number of rotatable bonds is 4. The quantitative estimate of drug-likeness (QED) is 0.810. The lowest BCUT2D eigenvalue weighted by Crippen LogP contribution is -2.40. The first-order chi connectivity index (χ1) is 8.58. The molecule has 0 aromatic carbocycles. The summed E-state index contributed by atoms with van der Waals surface area (Å²) in [6.45, 7) is 5.31. The third-order valence-corrected chi connectivity index (χ3v) is 7.25. The van der Waals surface area contributed by atoms with Crippen LogP contribution < -0.4 is 5.73 Å². The van der Waals surface area contributed by atoms with E-state index < -0.39 is 0 Å². The Morgan fingerprint density at radius 1 is 1.50 bits per heavy atom. The summed E-state index contributed by atoms with van der Waals surface area (Å²) in [7, 11) is 0. The van der Waals surface area contributed by atoms with Crippen LogP contribution in [0.25, 0.3) is 0 Å². The van der Waals surface area contributed by atoms with Crippen molar-refractivity contribution in [3.63, 3.8) is 0 Å². The maximum absolute atomic E-state index is 6.06. The molecule has 18 heavy (non-hydrogen) atoms. The van der Waals surface area contributed by atoms with Crippen molar-refractivity contribution in [2.45, 2.75) is 51.2 Å². The van der Waals surface area contributed by atoms with Crippen molar-refractivity contribution in [1.29, 1.82) is 0 Å². The van der Waals surface area contributed by atoms with Crippen LogP contribution in [0.5, 0.6) is 0 Å². The molecular formula is C13H20Br2N2S. The van der Waals surface area contributed by atoms with Gasteiger partial charge in [-0.2, -0.15) is 0 Å². The number of hydrogen-bond acceptors (Lipinski definition) is 3. The van der Waals surface area contributed by atoms with Gasteiger partial charge in [-0.3, -0.25) is 4.90 Å². The Balaban J connectivity index is 2.27. The van der Waals surface area contributed by atoms with Crippen molar-refractivity contribution in [3.05, 3.63) is 19.2 Å². The molecule has 1 aromatic rings. The van der Waals surface area contributed by atoms with Gasteiger partial charge in [0, 0.05) is 28.0 Å². The van der Waals surface area contributed by atoms with E-state index in [1.807, 2.05) is 0 Å². The van der Waals surface area contributed by atoms with E-state index in [1.54, 1.807) is 11.3 Å². The van der Waals surface area contributed by atoms with Gasteiger partial charge in [-0.15, -0.1) is 11.3 Å². The SMILES string of the molecule is CCC1CCC(C)N1C(CN)c1cc(Br)c(Br)s1. The minimum Gasteiger partial charge on any atom is -0.329 e. The number of halogens is 2. The fourth-order valence-corrected chi connectivity index (χ4v) is 5.19. The zero-order chi connectivity index (χ0) is 13.3. The van der Waals surface area contributed by atoms with Gasteiger partial charge >= 0.3 is 0 Å². The molecule has 1 aliphatic heterocycles. The van der Waals surface area contributed by atoms with Crippen LogP contribution in [-0.2, 0) is 0 Å². The molecule has 3 atom stereocenters. The van der Waals surface area contributed by atoms with E-state index in [9.17, 15) is 0 Å². The zero-order valence-electron chi connectivity index (χ0n) is 10.8. The minimum atomic E-state index is 0.361. The van der Waals surface area contributed by atoms with E-state index >= 15 is 0 Å². The van der Waals surface area contributed by atoms with Gasteiger partial charge in [-0.25, -0.2) is 0 Å². The third-order valence-electron chi connectivity index (χ3n) is 3.90. The van der Waals surface area contributed by atoms with Crippen molar-refractivity contribution in [1.82, 2.24) is 4.90 Å². The summed E-state index contributed by atoms with van der Waals surface area (Å²) in [6.07, 6.45) is 3.82. The Kier molecular flexibility index (Phi) is 5.29. The lowest BCUT2D eigenvalue weighted by Gasteiger charge is -2.34. The molecule has 1 saturated heterocycles. The molecule has 0 spiro atoms. The first-order valence-corrected chi connectivity index (χ1v) is 8.91. The van der Waals surface area contributed by atoms with Gasteiger partial charge in [-0.05, 0) is 64.1 Å². The molecule has 1 aliphatic rings. The molecule has 0 aliphatic carbocycles. The molecule has 3 unspecified atom stereocenters. The molecule has 2 rings (SSSR count). The predicted molar refractivity (Wildman–Crippen MR) is 86.1 cm³/mol. The second-order valence-electron chi connectivity index (χ2n) is 4.96. The molecule has 0 radical (unpaired) electrons. The van der Waals surface area contributed by atoms with Gasteiger partial charge in [0.15, 0.2) is 0 Å². The summed E-state index contributed by atoms with van der Waals surface area (Å²) in [5.74, 6) is 0. The van der Waals surface area contributed by atoms with Crippen LogP contribution in [0.3, 0.4) is 0 Å². The first kappa shape index (κ1) is 15.0. The summed E-state index contributed by atoms with van der Waals surface area (Å²) in [6, 6.07) is 3.90. The van der Waals surface area contributed by atoms with Crippen LogP contribution in [0.15, 0.2) is 14.3 Å². The fraction of sp³-hybridized carbons (Fsp3) is 0.692. The monoisotopic (exact) mass is 394 g/mol. The molecule has 2 heterocycles. The third kappa shape index (κ3) is 2.85. The fourth-order valence-electron chi connectivity index (χ4n) is 2.98. The number of hydrogen-bond donors (Lipinski definition) is 1. The molecular weight excluding hydrogens is 376 g/mol. The van der Waals surface area contributed by atoms with Gasteiger partial charge in [-0.1, -0.05) is 6.92 Å². The molecule has 102 valence electrons. The van der Waals surface area contributed by atoms with Crippen LogP contribution >= 0.6 is 43.2 Å². The van der Waals surface area contributed by atoms with E-state index in [0.717, 1.165) is 8.26 Å². The maximum Gasteiger partial charge on any atom is 0.0843 e. The highest BCUT2D eigenvalue weighted by atomic mass is 79.9. The van der Waals surface area contributed by atoms with Gasteiger partial charge in [0.25, 0.3) is 0 Å². The Hall–Kier alpha value is 0.580. The summed E-state index contributed by atoms with van der Waals surface area (Å²) < 4.78 is 2.30. The average Bonchev–Trinajstić information content (AvgIpc) is 2.86. The largest absolute Gasteiger partial charge is 0.329 e. The van der Waals surface area contributed by atoms with Crippen molar-refractivity contribution < 1.29 is 0 Å². The number of nitrogens with zero attached hydrogens (tertiary/aromatic N) is 1. The Labute approximate surface area is 130 Å². The molecule has 0 amide bonds. The summed E-state index contributed by atoms with van der Waals surface area (Å²) in [5.41, 5.74) is 6.06. The average molecular weight is 396 g/mol. The minimum absolute atomic E-state index is 0.361. The highest BCUT2D eigenvalue weighted by Gasteiger charge is 2.35. The van der Waals surface area contributed by atoms with Crippen LogP contribution in [0.1, 0.15) is 44.0 Å². The highest BCUT2D eigenvalue weighted by Crippen LogP contribution is 2.41. The number of likely N-dealkylation sites (tertiary alicyclic amines) is 1. The number of thiophene rings is 1. The topological polar surface area (TPSA) is 29.3 Å². The molecule has 2 N–H and O–H groups in total. The Bertz CT molecular complexity index is 388. The van der Waals surface area contributed by atoms with E-state index in [1.165, 1.54) is 24.1 Å². The van der Waals surface area contributed by atoms with Gasteiger partial charge in [0.2, 0.25) is 0 Å². The zero-order valence-corrected chi connectivity index (χ0v) is 14.8. The van der Waals surface area contributed by atoms with E-state index in [0.29, 0.717) is 24.7 Å². The standard InChI is InChI=1S/C13H20Br2N2S/c1-3-9-5-4-8(2)17(9)11(7-16)12-6-10(14)13(15)18-12/h6,8-9,11H,3-5,7,16H2,1-2H3. The Morgan fingerprint density at radius 2 is 2.22 bits per heavy atom. The summed E-state index contributed by atoms with van der Waals surface area (Å²) >= 11 is 8.95. The van der Waals surface area contributed by atoms with E-state index in [4.69, 9.17) is 5.73 Å². The second kappa shape index (κ2) is 6.35. The number of nitrogens with two attached hydrogens (primary N) is 1. The van der Waals surface area contributed by atoms with Crippen LogP contribution in [-0.4, -0.2) is 23.5 Å². The lowest BCUT2D eigenvalue weighted by atomic mass is 10.1. The van der Waals surface area contributed by atoms with Crippen molar-refractivity contribution in [2.24, 2.45) is 5.73 Å². The summed E-state index contributed by atoms with van der Waals surface area (Å²) in [4.78, 5) is 3.99. The lowest BCUT2D eigenvalue weighted by molar-refractivity contribution is 0.139. The van der Waals surface area contributed by atoms with Crippen molar-refractivity contribution >= 4 is 43.2 Å². The van der Waals surface area contributed by atoms with E-state index in [-0.39, 0.29) is 0 Å². The van der Waals surface area contributed by atoms with Gasteiger partial charge in [0.1, 0.15) is 0 Å². The second-order valence-corrected chi connectivity index (χ2v) is 8.21. The van der Waals surface area contributed by atoms with Gasteiger partial charge < -0.3 is 5.73 Å². The molecule has 5 heteroatoms. The van der Waals surface area contributed by atoms with Crippen molar-refractivity contribution in [3.8, 4) is 0 Å². The summed E-state index contributed by atoms with van der Waals surface area (Å²) in [5, 5.41) is 0. The smallest absolute Gasteiger partial charge is 0.0843 e. The normalized spacial score (nSPS) is 26.7. The molecule has 0 saturated carbocycles. The van der Waals surface area contributed by atoms with E-state index in [2.05, 4.69) is 56.7 Å². The van der Waals surface area contributed by atoms with Crippen LogP contribution in [0.4, 0.5) is 0 Å². The molecule has 0 bridgehead atoms. The molecule has 1 fully saturated rings. The highest BCUT2D eigenvalue weighted by molar-refractivity contribution is 9.13.